The van der Waals surface area contributed by atoms with E-state index in [1.165, 1.54) is 44.0 Å². The van der Waals surface area contributed by atoms with Crippen LogP contribution in [0.4, 0.5) is 0 Å². The number of carbonyl (C=O) groups excluding carboxylic acids is 12. The molecule has 682 valence electrons. The monoisotopic (exact) mass is 1730 g/mol. The molecule has 0 N–H and O–H groups in total. The highest BCUT2D eigenvalue weighted by Crippen LogP contribution is 2.59. The van der Waals surface area contributed by atoms with E-state index in [9.17, 15) is 57.5 Å². The lowest BCUT2D eigenvalue weighted by atomic mass is 9.53. The number of nitrogens with zero attached hydrogens (tertiary/aromatic N) is 6. The summed E-state index contributed by atoms with van der Waals surface area (Å²) in [7, 11) is 17.2. The third-order valence-electron chi connectivity index (χ3n) is 35.0. The molecule has 13 fully saturated rings. The summed E-state index contributed by atoms with van der Waals surface area (Å²) < 4.78 is 0. The fraction of sp³-hybridized carbons (Fsp3) is 0.660. The highest BCUT2D eigenvalue weighted by atomic mass is 16.2. The summed E-state index contributed by atoms with van der Waals surface area (Å²) in [6, 6.07) is 0. The molecule has 13 aliphatic rings. The molecule has 21 heteroatoms. The molecular formula is C106H147B3N6O12. The van der Waals surface area contributed by atoms with Crippen LogP contribution in [-0.2, 0) is 96.2 Å². The zero-order chi connectivity index (χ0) is 91.8. The van der Waals surface area contributed by atoms with E-state index < -0.39 is 59.2 Å². The Labute approximate surface area is 764 Å². The van der Waals surface area contributed by atoms with Gasteiger partial charge in [-0.1, -0.05) is 202 Å². The summed E-state index contributed by atoms with van der Waals surface area (Å²) in [5.74, 6) is -4.59. The first-order valence-electron chi connectivity index (χ1n) is 48.7. The molecule has 0 bridgehead atoms. The molecule has 28 unspecified atom stereocenters. The molecule has 1 aromatic rings. The number of benzene rings is 1. The van der Waals surface area contributed by atoms with Crippen LogP contribution in [-0.4, -0.2) is 156 Å². The second-order valence-electron chi connectivity index (χ2n) is 39.2. The molecule has 6 heterocycles. The summed E-state index contributed by atoms with van der Waals surface area (Å²) in [4.78, 5) is 170. The van der Waals surface area contributed by atoms with Gasteiger partial charge in [-0.25, -0.2) is 0 Å². The van der Waals surface area contributed by atoms with Gasteiger partial charge in [-0.3, -0.25) is 86.9 Å². The van der Waals surface area contributed by atoms with Crippen molar-refractivity contribution in [1.82, 2.24) is 29.4 Å². The number of hydrogen-bond acceptors (Lipinski definition) is 12. The first kappa shape index (κ1) is 99.5. The fourth-order valence-electron chi connectivity index (χ4n) is 28.6. The molecule has 12 amide bonds. The molecule has 14 rings (SSSR count). The van der Waals surface area contributed by atoms with Gasteiger partial charge in [0.15, 0.2) is 0 Å². The highest BCUT2D eigenvalue weighted by Gasteiger charge is 2.65. The van der Waals surface area contributed by atoms with E-state index in [-0.39, 0.29) is 186 Å². The van der Waals surface area contributed by atoms with Gasteiger partial charge in [0.2, 0.25) is 70.9 Å². The fourth-order valence-corrected chi connectivity index (χ4v) is 28.6. The van der Waals surface area contributed by atoms with Crippen LogP contribution < -0.4 is 0 Å². The minimum absolute atomic E-state index is 0. The van der Waals surface area contributed by atoms with Crippen LogP contribution in [0.1, 0.15) is 221 Å². The Kier molecular flexibility index (Phi) is 32.6. The van der Waals surface area contributed by atoms with Gasteiger partial charge in [0.1, 0.15) is 0 Å². The first-order chi connectivity index (χ1) is 60.5. The van der Waals surface area contributed by atoms with Gasteiger partial charge >= 0.3 is 0 Å². The molecule has 18 nitrogen and oxygen atoms in total. The first-order valence-corrected chi connectivity index (χ1v) is 48.7. The lowest BCUT2D eigenvalue weighted by Gasteiger charge is -2.53. The minimum Gasteiger partial charge on any atom is -0.291 e. The molecule has 0 spiro atoms. The summed E-state index contributed by atoms with van der Waals surface area (Å²) in [6.07, 6.45) is 39.9. The second-order valence-corrected chi connectivity index (χ2v) is 39.2. The second kappa shape index (κ2) is 41.6. The molecule has 127 heavy (non-hydrogen) atoms. The number of rotatable bonds is 34. The van der Waals surface area contributed by atoms with Gasteiger partial charge in [0.05, 0.1) is 101 Å². The molecule has 1 aromatic carbocycles. The molecule has 7 saturated carbocycles. The molecule has 6 saturated heterocycles. The largest absolute Gasteiger partial charge is 0.291 e. The predicted octanol–water partition coefficient (Wildman–Crippen LogP) is 16.2. The van der Waals surface area contributed by atoms with E-state index in [0.29, 0.717) is 93.7 Å². The summed E-state index contributed by atoms with van der Waals surface area (Å²) in [5.41, 5.74) is 7.91. The van der Waals surface area contributed by atoms with Crippen LogP contribution in [0.5, 0.6) is 0 Å². The smallest absolute Gasteiger partial charge is 0.234 e. The maximum absolute atomic E-state index is 14.3. The zero-order valence-corrected chi connectivity index (χ0v) is 78.0. The maximum Gasteiger partial charge on any atom is 0.234 e. The van der Waals surface area contributed by atoms with Gasteiger partial charge in [-0.05, 0) is 255 Å². The quantitative estimate of drug-likeness (QED) is 0.0357. The Morgan fingerprint density at radius 3 is 0.630 bits per heavy atom. The van der Waals surface area contributed by atoms with Crippen LogP contribution in [0.3, 0.4) is 0 Å². The molecule has 0 aromatic heterocycles. The average molecular weight is 1730 g/mol. The maximum atomic E-state index is 14.3. The molecule has 6 radical (unpaired) electrons. The Morgan fingerprint density at radius 2 is 0.441 bits per heavy atom. The van der Waals surface area contributed by atoms with Crippen LogP contribution in [0.25, 0.3) is 0 Å². The lowest BCUT2D eigenvalue weighted by molar-refractivity contribution is -0.145. The zero-order valence-electron chi connectivity index (χ0n) is 78.0. The predicted molar refractivity (Wildman–Crippen MR) is 502 cm³/mol. The summed E-state index contributed by atoms with van der Waals surface area (Å²) in [6.45, 7) is 54.1. The minimum atomic E-state index is -0.461. The molecule has 7 aliphatic carbocycles. The number of allylic oxidation sites excluding steroid dienone is 12. The number of amides is 12. The van der Waals surface area contributed by atoms with Crippen molar-refractivity contribution in [2.45, 2.75) is 226 Å². The molecule has 6 aliphatic heterocycles. The topological polar surface area (TPSA) is 224 Å². The van der Waals surface area contributed by atoms with E-state index in [0.717, 1.165) is 92.4 Å². The number of fused-ring (bicyclic) bond motifs is 6. The standard InChI is InChI=1S/C38H55BN2O4.C38H49BN2O4.C29H39BN2O4.CH4/c2*1-8-21-17-23(15-16-24-18-22(9-2)32-34(24)38(45)41(20-39)37(32)44)33-31(21)35(42)40(36(33)43)19-30-28(13-6)26(11-4)25(10-3)27(12-5)29(30)14-7;1-6-17-13-19(23-21(17)25(33)31(26(23)34)15-29(8-3,9-4)10-5)11-12-20-14-18(7-2)22-24(20)28(36)32(16-30)27(22)35;/h8-9,15-16,21-34H,1-2,10-14,17-20H2,3-7H3;8-9,15-16,21-24,31-34H,1-2,10-14,17-20H2,3-7H3;6-7,11-12,17-24H,1-2,8-10,13-16H2,3-5H3;1H4/b2*16-15-;12-11-;. The lowest BCUT2D eigenvalue weighted by Crippen LogP contribution is -2.51. The van der Waals surface area contributed by atoms with Gasteiger partial charge in [0.25, 0.3) is 0 Å². The van der Waals surface area contributed by atoms with E-state index in [1.807, 2.05) is 36.5 Å². The number of hydrogen-bond donors (Lipinski definition) is 0. The van der Waals surface area contributed by atoms with Crippen molar-refractivity contribution in [3.8, 4) is 0 Å². The van der Waals surface area contributed by atoms with Gasteiger partial charge in [-0.2, -0.15) is 0 Å². The van der Waals surface area contributed by atoms with E-state index in [4.69, 9.17) is 23.5 Å². The summed E-state index contributed by atoms with van der Waals surface area (Å²) >= 11 is 0. The van der Waals surface area contributed by atoms with Crippen LogP contribution in [0.2, 0.25) is 0 Å². The Hall–Kier alpha value is -8.09. The van der Waals surface area contributed by atoms with Gasteiger partial charge in [0, 0.05) is 13.1 Å². The van der Waals surface area contributed by atoms with Gasteiger partial charge < -0.3 is 0 Å². The Balaban J connectivity index is 0.000000185. The van der Waals surface area contributed by atoms with Gasteiger partial charge in [-0.15, -0.1) is 39.5 Å². The molecular weight excluding hydrogens is 1580 g/mol. The SMILES string of the molecule is C.[B]CN1C(=O)C2C(C=C)CC(/C=C\C3CC(C=C)C4C(=O)N(CC(CC)(CC)CC)C(=O)C34)C2C1=O.[B]CN1C(=O)C2C(C=C)CC(/C=C\C3CC(C=C)C4C(=O)N(CC5C(CC)C(CC)C(CC)C(CC)C5CC)C(=O)C34)C2C1=O.[B]CN1C(=O)C2C(C=C)CC(/C=C\C3CC(C=C)C4C(=O)N(Cc5c(CC)c(CC)c(CC)c(CC)c5CC)C(=O)C34)C2C1=O. The number of carbonyl (C=O) groups is 12. The van der Waals surface area contributed by atoms with Crippen molar-refractivity contribution in [2.75, 3.05) is 32.4 Å². The van der Waals surface area contributed by atoms with E-state index >= 15 is 0 Å². The Morgan fingerprint density at radius 1 is 0.260 bits per heavy atom. The van der Waals surface area contributed by atoms with Crippen molar-refractivity contribution in [1.29, 1.82) is 0 Å². The molecule has 28 atom stereocenters. The summed E-state index contributed by atoms with van der Waals surface area (Å²) in [5, 5.41) is 0. The average Bonchev–Trinajstić information content (AvgIpc) is 1.62. The highest BCUT2D eigenvalue weighted by molar-refractivity contribution is 6.17. The number of imide groups is 6. The third-order valence-corrected chi connectivity index (χ3v) is 35.0. The van der Waals surface area contributed by atoms with Crippen molar-refractivity contribution >= 4 is 94.4 Å². The Bertz CT molecular complexity index is 4460. The van der Waals surface area contributed by atoms with E-state index in [2.05, 4.69) is 148 Å². The van der Waals surface area contributed by atoms with Crippen LogP contribution >= 0.6 is 0 Å². The van der Waals surface area contributed by atoms with E-state index in [1.54, 1.807) is 28.0 Å². The van der Waals surface area contributed by atoms with Crippen LogP contribution in [0.15, 0.2) is 112 Å². The third kappa shape index (κ3) is 16.8. The van der Waals surface area contributed by atoms with Crippen molar-refractivity contribution in [3.05, 3.63) is 146 Å². The van der Waals surface area contributed by atoms with Crippen molar-refractivity contribution < 1.29 is 57.5 Å². The van der Waals surface area contributed by atoms with Crippen molar-refractivity contribution in [3.63, 3.8) is 0 Å². The van der Waals surface area contributed by atoms with Crippen LogP contribution in [0, 0.1) is 183 Å². The van der Waals surface area contributed by atoms with Crippen molar-refractivity contribution in [2.24, 2.45) is 183 Å². The number of likely N-dealkylation sites (tertiary alicyclic amines) is 6. The normalized spacial score (nSPS) is 36.5.